The third kappa shape index (κ3) is 2.36. The molecular formula is C12H13NOS. The molecule has 15 heavy (non-hydrogen) atoms. The largest absolute Gasteiger partial charge is 0.348 e. The fraction of sp³-hybridized carbons (Fsp3) is 0.250. The molecule has 2 heterocycles. The number of rotatable bonds is 4. The summed E-state index contributed by atoms with van der Waals surface area (Å²) in [5.74, 6) is 0.218. The van der Waals surface area contributed by atoms with Crippen molar-refractivity contribution in [3.05, 3.63) is 46.4 Å². The van der Waals surface area contributed by atoms with Gasteiger partial charge in [-0.1, -0.05) is 6.07 Å². The van der Waals surface area contributed by atoms with E-state index in [0.29, 0.717) is 6.42 Å². The van der Waals surface area contributed by atoms with Crippen molar-refractivity contribution in [3.8, 4) is 0 Å². The highest BCUT2D eigenvalue weighted by Crippen LogP contribution is 2.13. The monoisotopic (exact) mass is 219 g/mol. The van der Waals surface area contributed by atoms with Crippen LogP contribution in [0.25, 0.3) is 0 Å². The first-order valence-electron chi connectivity index (χ1n) is 4.94. The fourth-order valence-electron chi connectivity index (χ4n) is 1.57. The molecule has 0 spiro atoms. The molecule has 2 rings (SSSR count). The lowest BCUT2D eigenvalue weighted by Gasteiger charge is -2.01. The zero-order valence-corrected chi connectivity index (χ0v) is 9.46. The SMILES string of the molecule is Cn1cccc1C(=O)CCc1cccs1. The first-order chi connectivity index (χ1) is 7.27. The Morgan fingerprint density at radius 3 is 2.87 bits per heavy atom. The Kier molecular flexibility index (Phi) is 3.02. The Bertz CT molecular complexity index is 442. The molecule has 2 nitrogen and oxygen atoms in total. The minimum atomic E-state index is 0.218. The van der Waals surface area contributed by atoms with Crippen LogP contribution in [-0.4, -0.2) is 10.4 Å². The van der Waals surface area contributed by atoms with Crippen LogP contribution >= 0.6 is 11.3 Å². The normalized spacial score (nSPS) is 10.5. The van der Waals surface area contributed by atoms with Crippen LogP contribution in [0.5, 0.6) is 0 Å². The lowest BCUT2D eigenvalue weighted by Crippen LogP contribution is -2.05. The topological polar surface area (TPSA) is 22.0 Å². The van der Waals surface area contributed by atoms with Gasteiger partial charge in [-0.3, -0.25) is 4.79 Å². The van der Waals surface area contributed by atoms with Crippen LogP contribution < -0.4 is 0 Å². The molecule has 0 bridgehead atoms. The van der Waals surface area contributed by atoms with Crippen LogP contribution in [0.2, 0.25) is 0 Å². The van der Waals surface area contributed by atoms with Crippen molar-refractivity contribution >= 4 is 17.1 Å². The molecule has 0 radical (unpaired) electrons. The van der Waals surface area contributed by atoms with E-state index in [2.05, 4.69) is 6.07 Å². The van der Waals surface area contributed by atoms with Gasteiger partial charge in [-0.2, -0.15) is 0 Å². The van der Waals surface area contributed by atoms with Gasteiger partial charge in [-0.15, -0.1) is 11.3 Å². The van der Waals surface area contributed by atoms with Gasteiger partial charge in [0.05, 0.1) is 5.69 Å². The molecule has 0 N–H and O–H groups in total. The number of nitrogens with zero attached hydrogens (tertiary/aromatic N) is 1. The minimum absolute atomic E-state index is 0.218. The molecule has 0 saturated heterocycles. The van der Waals surface area contributed by atoms with Crippen LogP contribution in [0, 0.1) is 0 Å². The summed E-state index contributed by atoms with van der Waals surface area (Å²) < 4.78 is 1.87. The van der Waals surface area contributed by atoms with E-state index >= 15 is 0 Å². The number of hydrogen-bond acceptors (Lipinski definition) is 2. The van der Waals surface area contributed by atoms with E-state index < -0.39 is 0 Å². The third-order valence-corrected chi connectivity index (χ3v) is 3.34. The predicted molar refractivity (Wildman–Crippen MR) is 62.4 cm³/mol. The number of ketones is 1. The smallest absolute Gasteiger partial charge is 0.179 e. The Morgan fingerprint density at radius 1 is 1.40 bits per heavy atom. The van der Waals surface area contributed by atoms with E-state index in [1.54, 1.807) is 11.3 Å². The molecule has 3 heteroatoms. The molecule has 0 aliphatic rings. The summed E-state index contributed by atoms with van der Waals surface area (Å²) in [5, 5.41) is 2.04. The molecule has 0 unspecified atom stereocenters. The number of thiophene rings is 1. The zero-order chi connectivity index (χ0) is 10.7. The van der Waals surface area contributed by atoms with Crippen molar-refractivity contribution in [3.63, 3.8) is 0 Å². The summed E-state index contributed by atoms with van der Waals surface area (Å²) >= 11 is 1.71. The van der Waals surface area contributed by atoms with Gasteiger partial charge in [0.2, 0.25) is 0 Å². The van der Waals surface area contributed by atoms with Crippen LogP contribution in [0.3, 0.4) is 0 Å². The number of Topliss-reactive ketones (excluding diaryl/α,β-unsaturated/α-hetero) is 1. The lowest BCUT2D eigenvalue weighted by atomic mass is 10.1. The molecule has 0 aliphatic carbocycles. The van der Waals surface area contributed by atoms with Gasteiger partial charge < -0.3 is 4.57 Å². The van der Waals surface area contributed by atoms with Crippen LogP contribution in [0.1, 0.15) is 21.8 Å². The fourth-order valence-corrected chi connectivity index (χ4v) is 2.28. The average Bonchev–Trinajstić information content (AvgIpc) is 2.84. The van der Waals surface area contributed by atoms with Gasteiger partial charge in [0, 0.05) is 24.5 Å². The van der Waals surface area contributed by atoms with Crippen molar-refractivity contribution in [2.24, 2.45) is 7.05 Å². The quantitative estimate of drug-likeness (QED) is 0.725. The van der Waals surface area contributed by atoms with Crippen LogP contribution in [0.4, 0.5) is 0 Å². The summed E-state index contributed by atoms with van der Waals surface area (Å²) in [5.41, 5.74) is 0.798. The second-order valence-electron chi connectivity index (χ2n) is 3.51. The van der Waals surface area contributed by atoms with Crippen LogP contribution in [-0.2, 0) is 13.5 Å². The van der Waals surface area contributed by atoms with Gasteiger partial charge >= 0.3 is 0 Å². The molecule has 0 saturated carbocycles. The van der Waals surface area contributed by atoms with Gasteiger partial charge in [0.1, 0.15) is 0 Å². The summed E-state index contributed by atoms with van der Waals surface area (Å²) in [6.45, 7) is 0. The highest BCUT2D eigenvalue weighted by Gasteiger charge is 2.08. The average molecular weight is 219 g/mol. The first-order valence-corrected chi connectivity index (χ1v) is 5.82. The van der Waals surface area contributed by atoms with Crippen molar-refractivity contribution < 1.29 is 4.79 Å². The van der Waals surface area contributed by atoms with Crippen molar-refractivity contribution in [1.82, 2.24) is 4.57 Å². The van der Waals surface area contributed by atoms with Crippen LogP contribution in [0.15, 0.2) is 35.8 Å². The molecule has 0 aliphatic heterocycles. The summed E-state index contributed by atoms with van der Waals surface area (Å²) in [6.07, 6.45) is 3.35. The van der Waals surface area contributed by atoms with E-state index in [1.165, 1.54) is 4.88 Å². The van der Waals surface area contributed by atoms with Crippen molar-refractivity contribution in [2.75, 3.05) is 0 Å². The third-order valence-electron chi connectivity index (χ3n) is 2.41. The minimum Gasteiger partial charge on any atom is -0.348 e. The van der Waals surface area contributed by atoms with E-state index in [4.69, 9.17) is 0 Å². The Balaban J connectivity index is 1.96. The second-order valence-corrected chi connectivity index (χ2v) is 4.54. The molecule has 0 fully saturated rings. The highest BCUT2D eigenvalue weighted by atomic mass is 32.1. The zero-order valence-electron chi connectivity index (χ0n) is 8.64. The number of carbonyl (C=O) groups excluding carboxylic acids is 1. The molecule has 2 aromatic heterocycles. The van der Waals surface area contributed by atoms with Gasteiger partial charge in [0.15, 0.2) is 5.78 Å². The van der Waals surface area contributed by atoms with Gasteiger partial charge in [-0.05, 0) is 30.0 Å². The molecule has 78 valence electrons. The molecular weight excluding hydrogens is 206 g/mol. The van der Waals surface area contributed by atoms with Gasteiger partial charge in [0.25, 0.3) is 0 Å². The van der Waals surface area contributed by atoms with E-state index in [-0.39, 0.29) is 5.78 Å². The maximum atomic E-state index is 11.8. The van der Waals surface area contributed by atoms with E-state index in [1.807, 2.05) is 41.4 Å². The standard InChI is InChI=1S/C12H13NOS/c1-13-8-2-5-11(13)12(14)7-6-10-4-3-9-15-10/h2-5,8-9H,6-7H2,1H3. The highest BCUT2D eigenvalue weighted by molar-refractivity contribution is 7.09. The molecule has 0 amide bonds. The van der Waals surface area contributed by atoms with Crippen molar-refractivity contribution in [2.45, 2.75) is 12.8 Å². The Morgan fingerprint density at radius 2 is 2.27 bits per heavy atom. The number of carbonyl (C=O) groups is 1. The number of aryl methyl sites for hydroxylation is 2. The maximum absolute atomic E-state index is 11.8. The Labute approximate surface area is 93.2 Å². The first kappa shape index (κ1) is 10.2. The summed E-state index contributed by atoms with van der Waals surface area (Å²) in [7, 11) is 1.90. The summed E-state index contributed by atoms with van der Waals surface area (Å²) in [4.78, 5) is 13.1. The number of hydrogen-bond donors (Lipinski definition) is 0. The van der Waals surface area contributed by atoms with Gasteiger partial charge in [-0.25, -0.2) is 0 Å². The molecule has 0 aromatic carbocycles. The van der Waals surface area contributed by atoms with Crippen molar-refractivity contribution in [1.29, 1.82) is 0 Å². The second kappa shape index (κ2) is 4.45. The lowest BCUT2D eigenvalue weighted by molar-refractivity contribution is 0.0975. The Hall–Kier alpha value is -1.35. The predicted octanol–water partition coefficient (Wildman–Crippen LogP) is 2.90. The summed E-state index contributed by atoms with van der Waals surface area (Å²) in [6, 6.07) is 7.87. The van der Waals surface area contributed by atoms with E-state index in [9.17, 15) is 4.79 Å². The number of aromatic nitrogens is 1. The maximum Gasteiger partial charge on any atom is 0.179 e. The molecule has 0 atom stereocenters. The molecule has 2 aromatic rings. The van der Waals surface area contributed by atoms with E-state index in [0.717, 1.165) is 12.1 Å².